The maximum Gasteiger partial charge on any atom is 0.337 e. The molecule has 0 rings (SSSR count). The lowest BCUT2D eigenvalue weighted by Gasteiger charge is -2.26. The number of allylic oxidation sites excluding steroid dienone is 1. The minimum absolute atomic E-state index is 0.256. The summed E-state index contributed by atoms with van der Waals surface area (Å²) in [5.41, 5.74) is 0. The molecule has 5 heteroatoms. The van der Waals surface area contributed by atoms with Crippen LogP contribution in [-0.4, -0.2) is 39.8 Å². The van der Waals surface area contributed by atoms with Crippen LogP contribution in [0.3, 0.4) is 0 Å². The first-order chi connectivity index (χ1) is 7.55. The molecule has 0 saturated carbocycles. The van der Waals surface area contributed by atoms with Gasteiger partial charge >= 0.3 is 8.56 Å². The lowest BCUT2D eigenvalue weighted by molar-refractivity contribution is -0.122. The third-order valence-electron chi connectivity index (χ3n) is 2.74. The highest BCUT2D eigenvalue weighted by Gasteiger charge is 2.34. The van der Waals surface area contributed by atoms with Crippen LogP contribution < -0.4 is 0 Å². The normalized spacial score (nSPS) is 14.3. The third-order valence-corrected chi connectivity index (χ3v) is 6.36. The van der Waals surface area contributed by atoms with E-state index in [2.05, 4.69) is 0 Å². The van der Waals surface area contributed by atoms with Crippen LogP contribution >= 0.6 is 0 Å². The molecule has 0 aliphatic heterocycles. The molecule has 0 aromatic rings. The summed E-state index contributed by atoms with van der Waals surface area (Å²) < 4.78 is 10.8. The van der Waals surface area contributed by atoms with E-state index in [0.717, 1.165) is 6.04 Å². The van der Waals surface area contributed by atoms with Gasteiger partial charge in [0.2, 0.25) is 0 Å². The van der Waals surface area contributed by atoms with Gasteiger partial charge in [-0.15, -0.1) is 0 Å². The first-order valence-electron chi connectivity index (χ1n) is 5.50. The zero-order chi connectivity index (χ0) is 12.6. The summed E-state index contributed by atoms with van der Waals surface area (Å²) in [5, 5.41) is 9.61. The average molecular weight is 246 g/mol. The summed E-state index contributed by atoms with van der Waals surface area (Å²) >= 11 is 0. The summed E-state index contributed by atoms with van der Waals surface area (Å²) in [5.74, 6) is -0.256. The fourth-order valence-corrected chi connectivity index (χ4v) is 3.75. The van der Waals surface area contributed by atoms with Crippen LogP contribution in [0.1, 0.15) is 20.3 Å². The van der Waals surface area contributed by atoms with Gasteiger partial charge in [-0.3, -0.25) is 4.79 Å². The maximum absolute atomic E-state index is 11.3. The molecular weight excluding hydrogens is 224 g/mol. The molecule has 0 bridgehead atoms. The lowest BCUT2D eigenvalue weighted by atomic mass is 10.2. The second kappa shape index (κ2) is 7.73. The average Bonchev–Trinajstić information content (AvgIpc) is 2.31. The molecule has 4 nitrogen and oxygen atoms in total. The van der Waals surface area contributed by atoms with Crippen molar-refractivity contribution in [3.63, 3.8) is 0 Å². The van der Waals surface area contributed by atoms with E-state index in [1.54, 1.807) is 27.2 Å². The second-order valence-corrected chi connectivity index (χ2v) is 7.47. The summed E-state index contributed by atoms with van der Waals surface area (Å²) in [4.78, 5) is 11.3. The second-order valence-electron chi connectivity index (χ2n) is 3.63. The first kappa shape index (κ1) is 15.5. The van der Waals surface area contributed by atoms with E-state index >= 15 is 0 Å². The molecule has 94 valence electrons. The van der Waals surface area contributed by atoms with E-state index in [4.69, 9.17) is 8.85 Å². The van der Waals surface area contributed by atoms with E-state index in [1.165, 1.54) is 6.08 Å². The van der Waals surface area contributed by atoms with E-state index in [1.807, 2.05) is 6.92 Å². The Balaban J connectivity index is 4.25. The topological polar surface area (TPSA) is 55.8 Å². The maximum atomic E-state index is 11.3. The Hall–Kier alpha value is -0.493. The number of ketones is 1. The number of aliphatic hydroxyl groups is 1. The lowest BCUT2D eigenvalue weighted by Crippen LogP contribution is -2.40. The van der Waals surface area contributed by atoms with Crippen molar-refractivity contribution in [2.75, 3.05) is 14.2 Å². The molecule has 0 heterocycles. The molecule has 0 amide bonds. The van der Waals surface area contributed by atoms with Gasteiger partial charge in [-0.2, -0.15) is 0 Å². The third kappa shape index (κ3) is 4.57. The number of hydrogen-bond acceptors (Lipinski definition) is 4. The molecule has 1 unspecified atom stereocenters. The number of carbonyl (C=O) groups excluding carboxylic acids is 1. The van der Waals surface area contributed by atoms with Crippen molar-refractivity contribution in [1.82, 2.24) is 0 Å². The molecule has 0 aromatic carbocycles. The largest absolute Gasteiger partial charge is 0.398 e. The highest BCUT2D eigenvalue weighted by Crippen LogP contribution is 2.20. The van der Waals surface area contributed by atoms with E-state index in [9.17, 15) is 9.90 Å². The van der Waals surface area contributed by atoms with E-state index in [0.29, 0.717) is 12.5 Å². The summed E-state index contributed by atoms with van der Waals surface area (Å²) in [6.45, 7) is 3.75. The molecule has 0 spiro atoms. The minimum Gasteiger partial charge on any atom is -0.398 e. The van der Waals surface area contributed by atoms with Gasteiger partial charge in [0.25, 0.3) is 0 Å². The van der Waals surface area contributed by atoms with Crippen molar-refractivity contribution in [1.29, 1.82) is 0 Å². The van der Waals surface area contributed by atoms with Crippen LogP contribution in [-0.2, 0) is 13.6 Å². The number of hydrogen-bond donors (Lipinski definition) is 1. The van der Waals surface area contributed by atoms with Gasteiger partial charge in [0, 0.05) is 14.2 Å². The SMILES string of the molecule is CC=CC(=O)C(O)CC[Si](CC)(OC)OC. The predicted molar refractivity (Wildman–Crippen MR) is 65.5 cm³/mol. The smallest absolute Gasteiger partial charge is 0.337 e. The van der Waals surface area contributed by atoms with Gasteiger partial charge in [0.15, 0.2) is 5.78 Å². The Labute approximate surface area is 98.5 Å². The zero-order valence-corrected chi connectivity index (χ0v) is 11.5. The molecule has 0 aromatic heterocycles. The van der Waals surface area contributed by atoms with Gasteiger partial charge in [-0.1, -0.05) is 13.0 Å². The van der Waals surface area contributed by atoms with Crippen molar-refractivity contribution in [3.8, 4) is 0 Å². The minimum atomic E-state index is -2.19. The van der Waals surface area contributed by atoms with Gasteiger partial charge in [0.05, 0.1) is 0 Å². The number of aliphatic hydroxyl groups excluding tert-OH is 1. The molecule has 16 heavy (non-hydrogen) atoms. The Morgan fingerprint density at radius 3 is 2.38 bits per heavy atom. The number of carbonyl (C=O) groups is 1. The highest BCUT2D eigenvalue weighted by atomic mass is 28.4. The van der Waals surface area contributed by atoms with E-state index in [-0.39, 0.29) is 5.78 Å². The monoisotopic (exact) mass is 246 g/mol. The molecular formula is C11H22O4Si. The highest BCUT2D eigenvalue weighted by molar-refractivity contribution is 6.67. The molecule has 0 saturated heterocycles. The van der Waals surface area contributed by atoms with Crippen molar-refractivity contribution in [2.45, 2.75) is 38.5 Å². The zero-order valence-electron chi connectivity index (χ0n) is 10.5. The fraction of sp³-hybridized carbons (Fsp3) is 0.727. The molecule has 0 aliphatic carbocycles. The first-order valence-corrected chi connectivity index (χ1v) is 7.73. The van der Waals surface area contributed by atoms with Crippen LogP contribution in [0.25, 0.3) is 0 Å². The van der Waals surface area contributed by atoms with Crippen molar-refractivity contribution >= 4 is 14.3 Å². The van der Waals surface area contributed by atoms with Crippen molar-refractivity contribution < 1.29 is 18.8 Å². The molecule has 1 N–H and O–H groups in total. The summed E-state index contributed by atoms with van der Waals surface area (Å²) in [6, 6.07) is 1.44. The standard InChI is InChI=1S/C11H22O4Si/c1-5-7-10(12)11(13)8-9-16(6-2,14-3)15-4/h5,7,11,13H,6,8-9H2,1-4H3. The molecule has 0 radical (unpaired) electrons. The Morgan fingerprint density at radius 2 is 2.00 bits per heavy atom. The van der Waals surface area contributed by atoms with E-state index < -0.39 is 14.7 Å². The van der Waals surface area contributed by atoms with Crippen LogP contribution in [0.2, 0.25) is 12.1 Å². The van der Waals surface area contributed by atoms with Crippen molar-refractivity contribution in [3.05, 3.63) is 12.2 Å². The Bertz CT molecular complexity index is 228. The summed E-state index contributed by atoms with van der Waals surface area (Å²) in [6.07, 6.45) is 2.47. The van der Waals surface area contributed by atoms with Crippen LogP contribution in [0.15, 0.2) is 12.2 Å². The molecule has 0 aliphatic rings. The Kier molecular flexibility index (Phi) is 7.49. The predicted octanol–water partition coefficient (Wildman–Crippen LogP) is 1.64. The van der Waals surface area contributed by atoms with Gasteiger partial charge in [-0.05, 0) is 31.5 Å². The van der Waals surface area contributed by atoms with Gasteiger partial charge in [0.1, 0.15) is 6.10 Å². The van der Waals surface area contributed by atoms with Gasteiger partial charge < -0.3 is 14.0 Å². The Morgan fingerprint density at radius 1 is 1.44 bits per heavy atom. The van der Waals surface area contributed by atoms with Gasteiger partial charge in [-0.25, -0.2) is 0 Å². The van der Waals surface area contributed by atoms with Crippen molar-refractivity contribution in [2.24, 2.45) is 0 Å². The fourth-order valence-electron chi connectivity index (χ4n) is 1.53. The quantitative estimate of drug-likeness (QED) is 0.522. The number of rotatable bonds is 8. The van der Waals surface area contributed by atoms with Crippen LogP contribution in [0, 0.1) is 0 Å². The molecule has 0 fully saturated rings. The van der Waals surface area contributed by atoms with Crippen LogP contribution in [0.4, 0.5) is 0 Å². The summed E-state index contributed by atoms with van der Waals surface area (Å²) in [7, 11) is 1.06. The molecule has 1 atom stereocenters. The van der Waals surface area contributed by atoms with Crippen LogP contribution in [0.5, 0.6) is 0 Å².